The molecule has 0 spiro atoms. The quantitative estimate of drug-likeness (QED) is 0.500. The molecule has 0 aliphatic rings. The second-order valence-corrected chi connectivity index (χ2v) is 9.28. The van der Waals surface area contributed by atoms with Gasteiger partial charge in [-0.1, -0.05) is 29.8 Å². The number of hydrogen-bond donors (Lipinski definition) is 1. The number of nitrogens with zero attached hydrogens (tertiary/aromatic N) is 1. The predicted molar refractivity (Wildman–Crippen MR) is 126 cm³/mol. The van der Waals surface area contributed by atoms with E-state index < -0.39 is 22.0 Å². The molecular formula is C23H23ClN2O5S. The lowest BCUT2D eigenvalue weighted by Crippen LogP contribution is -2.45. The Bertz CT molecular complexity index is 1180. The van der Waals surface area contributed by atoms with Gasteiger partial charge in [-0.05, 0) is 61.5 Å². The maximum absolute atomic E-state index is 12.9. The van der Waals surface area contributed by atoms with Crippen LogP contribution in [0.25, 0.3) is 0 Å². The van der Waals surface area contributed by atoms with Crippen LogP contribution in [0.15, 0.2) is 72.8 Å². The second-order valence-electron chi connectivity index (χ2n) is 6.98. The number of carbonyl (C=O) groups excluding carboxylic acids is 1. The summed E-state index contributed by atoms with van der Waals surface area (Å²) in [6.07, 6.45) is 1.02. The van der Waals surface area contributed by atoms with E-state index in [1.807, 2.05) is 30.3 Å². The van der Waals surface area contributed by atoms with E-state index in [0.29, 0.717) is 22.2 Å². The van der Waals surface area contributed by atoms with E-state index >= 15 is 0 Å². The lowest BCUT2D eigenvalue weighted by Gasteiger charge is -2.29. The number of sulfonamides is 1. The number of para-hydroxylation sites is 1. The molecule has 0 aromatic heterocycles. The van der Waals surface area contributed by atoms with Crippen LogP contribution in [0.3, 0.4) is 0 Å². The van der Waals surface area contributed by atoms with Crippen molar-refractivity contribution in [2.45, 2.75) is 13.0 Å². The summed E-state index contributed by atoms with van der Waals surface area (Å²) in [5, 5.41) is 3.05. The van der Waals surface area contributed by atoms with Gasteiger partial charge in [0.05, 0.1) is 19.1 Å². The van der Waals surface area contributed by atoms with Gasteiger partial charge in [0.25, 0.3) is 0 Å². The fourth-order valence-corrected chi connectivity index (χ4v) is 4.43. The number of hydrogen-bond acceptors (Lipinski definition) is 5. The van der Waals surface area contributed by atoms with Crippen molar-refractivity contribution in [1.82, 2.24) is 0 Å². The largest absolute Gasteiger partial charge is 0.495 e. The van der Waals surface area contributed by atoms with Crippen LogP contribution in [0.1, 0.15) is 6.92 Å². The van der Waals surface area contributed by atoms with Gasteiger partial charge in [0, 0.05) is 10.7 Å². The predicted octanol–water partition coefficient (Wildman–Crippen LogP) is 4.93. The summed E-state index contributed by atoms with van der Waals surface area (Å²) < 4.78 is 37.1. The summed E-state index contributed by atoms with van der Waals surface area (Å²) in [7, 11) is -2.42. The molecule has 0 saturated carbocycles. The molecule has 9 heteroatoms. The molecule has 1 N–H and O–H groups in total. The minimum atomic E-state index is -3.83. The number of nitrogens with one attached hydrogen (secondary N) is 1. The van der Waals surface area contributed by atoms with E-state index in [9.17, 15) is 13.2 Å². The molecule has 0 radical (unpaired) electrons. The van der Waals surface area contributed by atoms with Gasteiger partial charge in [-0.25, -0.2) is 8.42 Å². The van der Waals surface area contributed by atoms with E-state index in [-0.39, 0.29) is 11.4 Å². The topological polar surface area (TPSA) is 84.9 Å². The Morgan fingerprint density at radius 1 is 1.00 bits per heavy atom. The Balaban J connectivity index is 1.79. The molecule has 0 aliphatic carbocycles. The molecule has 1 atom stereocenters. The molecule has 0 aliphatic heterocycles. The third-order valence-electron chi connectivity index (χ3n) is 4.57. The summed E-state index contributed by atoms with van der Waals surface area (Å²) in [6, 6.07) is 19.6. The minimum absolute atomic E-state index is 0.178. The Kier molecular flexibility index (Phi) is 7.27. The molecule has 0 bridgehead atoms. The number of carbonyl (C=O) groups is 1. The number of methoxy groups -OCH3 is 1. The van der Waals surface area contributed by atoms with E-state index in [1.54, 1.807) is 36.4 Å². The highest BCUT2D eigenvalue weighted by Crippen LogP contribution is 2.34. The maximum Gasteiger partial charge on any atom is 0.247 e. The number of amides is 1. The van der Waals surface area contributed by atoms with Gasteiger partial charge >= 0.3 is 0 Å². The number of anilines is 2. The third kappa shape index (κ3) is 5.72. The van der Waals surface area contributed by atoms with Crippen LogP contribution in [0, 0.1) is 0 Å². The molecule has 0 fully saturated rings. The van der Waals surface area contributed by atoms with Crippen LogP contribution >= 0.6 is 11.6 Å². The zero-order valence-electron chi connectivity index (χ0n) is 17.8. The Morgan fingerprint density at radius 3 is 2.22 bits per heavy atom. The van der Waals surface area contributed by atoms with E-state index in [0.717, 1.165) is 10.6 Å². The summed E-state index contributed by atoms with van der Waals surface area (Å²) in [5.41, 5.74) is 0.672. The Hall–Kier alpha value is -3.23. The lowest BCUT2D eigenvalue weighted by molar-refractivity contribution is -0.116. The Morgan fingerprint density at radius 2 is 1.62 bits per heavy atom. The third-order valence-corrected chi connectivity index (χ3v) is 6.03. The first kappa shape index (κ1) is 23.4. The fourth-order valence-electron chi connectivity index (χ4n) is 3.09. The number of ether oxygens (including phenoxy) is 2. The van der Waals surface area contributed by atoms with Gasteiger partial charge in [-0.3, -0.25) is 9.10 Å². The first-order valence-electron chi connectivity index (χ1n) is 9.66. The molecule has 3 rings (SSSR count). The fraction of sp³-hybridized carbons (Fsp3) is 0.174. The minimum Gasteiger partial charge on any atom is -0.495 e. The summed E-state index contributed by atoms with van der Waals surface area (Å²) in [4.78, 5) is 12.9. The van der Waals surface area contributed by atoms with Crippen LogP contribution in [0.5, 0.6) is 17.2 Å². The first-order valence-corrected chi connectivity index (χ1v) is 11.9. The van der Waals surface area contributed by atoms with Crippen LogP contribution in [-0.2, 0) is 14.8 Å². The van der Waals surface area contributed by atoms with Gasteiger partial charge in [0.2, 0.25) is 15.9 Å². The number of halogens is 1. The molecule has 1 amide bonds. The SMILES string of the molecule is COc1ccc(Cl)cc1N([C@@H](C)C(=O)Nc1ccc(Oc2ccccc2)cc1)S(C)(=O)=O. The first-order chi connectivity index (χ1) is 15.2. The van der Waals surface area contributed by atoms with Gasteiger partial charge in [-0.15, -0.1) is 0 Å². The molecule has 0 saturated heterocycles. The maximum atomic E-state index is 12.9. The molecule has 168 valence electrons. The van der Waals surface area contributed by atoms with Crippen LogP contribution in [0.4, 0.5) is 11.4 Å². The van der Waals surface area contributed by atoms with Crippen molar-refractivity contribution in [3.05, 3.63) is 77.8 Å². The van der Waals surface area contributed by atoms with Gasteiger partial charge in [-0.2, -0.15) is 0 Å². The molecular weight excluding hydrogens is 452 g/mol. The summed E-state index contributed by atoms with van der Waals surface area (Å²) in [6.45, 7) is 1.49. The molecule has 32 heavy (non-hydrogen) atoms. The number of benzene rings is 3. The Labute approximate surface area is 192 Å². The highest BCUT2D eigenvalue weighted by atomic mass is 35.5. The summed E-state index contributed by atoms with van der Waals surface area (Å²) in [5.74, 6) is 1.05. The molecule has 7 nitrogen and oxygen atoms in total. The smallest absolute Gasteiger partial charge is 0.247 e. The van der Waals surface area contributed by atoms with E-state index in [1.165, 1.54) is 20.1 Å². The molecule has 0 heterocycles. The van der Waals surface area contributed by atoms with E-state index in [4.69, 9.17) is 21.1 Å². The van der Waals surface area contributed by atoms with Crippen LogP contribution in [-0.4, -0.2) is 33.7 Å². The second kappa shape index (κ2) is 9.93. The van der Waals surface area contributed by atoms with Crippen LogP contribution in [0.2, 0.25) is 5.02 Å². The normalized spacial score (nSPS) is 12.0. The highest BCUT2D eigenvalue weighted by molar-refractivity contribution is 7.92. The van der Waals surface area contributed by atoms with Crippen molar-refractivity contribution < 1.29 is 22.7 Å². The van der Waals surface area contributed by atoms with Crippen molar-refractivity contribution in [3.8, 4) is 17.2 Å². The average molecular weight is 475 g/mol. The molecule has 3 aromatic rings. The highest BCUT2D eigenvalue weighted by Gasteiger charge is 2.31. The zero-order chi connectivity index (χ0) is 23.3. The van der Waals surface area contributed by atoms with Crippen molar-refractivity contribution in [1.29, 1.82) is 0 Å². The van der Waals surface area contributed by atoms with Gasteiger partial charge in [0.15, 0.2) is 0 Å². The summed E-state index contributed by atoms with van der Waals surface area (Å²) >= 11 is 6.07. The number of rotatable bonds is 8. The standard InChI is InChI=1S/C23H23ClN2O5S/c1-16(26(32(3,28)29)21-15-17(24)9-14-22(21)30-2)23(27)25-18-10-12-20(13-11-18)31-19-7-5-4-6-8-19/h4-16H,1-3H3,(H,25,27)/t16-/m0/s1. The molecule has 0 unspecified atom stereocenters. The zero-order valence-corrected chi connectivity index (χ0v) is 19.4. The van der Waals surface area contributed by atoms with Crippen molar-refractivity contribution >= 4 is 38.9 Å². The lowest BCUT2D eigenvalue weighted by atomic mass is 10.2. The van der Waals surface area contributed by atoms with E-state index in [2.05, 4.69) is 5.32 Å². The average Bonchev–Trinajstić information content (AvgIpc) is 2.75. The van der Waals surface area contributed by atoms with Gasteiger partial charge < -0.3 is 14.8 Å². The van der Waals surface area contributed by atoms with Crippen molar-refractivity contribution in [2.24, 2.45) is 0 Å². The van der Waals surface area contributed by atoms with Crippen molar-refractivity contribution in [3.63, 3.8) is 0 Å². The van der Waals surface area contributed by atoms with Gasteiger partial charge in [0.1, 0.15) is 23.3 Å². The molecule has 3 aromatic carbocycles. The monoisotopic (exact) mass is 474 g/mol. The van der Waals surface area contributed by atoms with Crippen LogP contribution < -0.4 is 19.1 Å². The van der Waals surface area contributed by atoms with Crippen molar-refractivity contribution in [2.75, 3.05) is 23.0 Å².